The van der Waals surface area contributed by atoms with Crippen LogP contribution < -0.4 is 10.6 Å². The van der Waals surface area contributed by atoms with Gasteiger partial charge >= 0.3 is 11.9 Å². The first kappa shape index (κ1) is 19.6. The molecule has 0 aromatic heterocycles. The monoisotopic (exact) mass is 370 g/mol. The smallest absolute Gasteiger partial charge is 0.337 e. The number of carbonyl (C=O) groups excluding carboxylic acids is 4. The van der Waals surface area contributed by atoms with Crippen molar-refractivity contribution in [3.05, 3.63) is 59.7 Å². The number of benzene rings is 2. The number of nitrogens with one attached hydrogen (secondary N) is 2. The minimum Gasteiger partial charge on any atom is -0.465 e. The number of hydrogen-bond donors (Lipinski definition) is 2. The van der Waals surface area contributed by atoms with Gasteiger partial charge in [-0.25, -0.2) is 9.59 Å². The van der Waals surface area contributed by atoms with Crippen molar-refractivity contribution in [1.82, 2.24) is 0 Å². The summed E-state index contributed by atoms with van der Waals surface area (Å²) in [5, 5.41) is 5.12. The third kappa shape index (κ3) is 5.67. The summed E-state index contributed by atoms with van der Waals surface area (Å²) in [6.45, 7) is 0. The van der Waals surface area contributed by atoms with Crippen molar-refractivity contribution in [3.8, 4) is 0 Å². The highest BCUT2D eigenvalue weighted by atomic mass is 16.5. The number of esters is 2. The fraction of sp³-hybridized carbons (Fsp3) is 0.158. The highest BCUT2D eigenvalue weighted by Gasteiger charge is 2.12. The van der Waals surface area contributed by atoms with E-state index in [1.165, 1.54) is 62.8 Å². The normalized spacial score (nSPS) is 9.85. The topological polar surface area (TPSA) is 111 Å². The molecule has 0 aliphatic carbocycles. The molecular formula is C19H18N2O6. The molecule has 0 saturated carbocycles. The van der Waals surface area contributed by atoms with E-state index < -0.39 is 30.2 Å². The summed E-state index contributed by atoms with van der Waals surface area (Å²) in [5.41, 5.74) is 1.60. The molecule has 2 rings (SSSR count). The van der Waals surface area contributed by atoms with E-state index in [1.807, 2.05) is 0 Å². The van der Waals surface area contributed by atoms with Crippen LogP contribution in [-0.4, -0.2) is 38.0 Å². The Morgan fingerprint density at radius 1 is 0.667 bits per heavy atom. The highest BCUT2D eigenvalue weighted by molar-refractivity contribution is 6.08. The second-order valence-corrected chi connectivity index (χ2v) is 5.41. The quantitative estimate of drug-likeness (QED) is 0.596. The van der Waals surface area contributed by atoms with Crippen molar-refractivity contribution in [2.75, 3.05) is 24.9 Å². The summed E-state index contributed by atoms with van der Waals surface area (Å²) in [7, 11) is 2.55. The van der Waals surface area contributed by atoms with Gasteiger partial charge in [0, 0.05) is 11.4 Å². The van der Waals surface area contributed by atoms with Gasteiger partial charge in [-0.15, -0.1) is 0 Å². The van der Waals surface area contributed by atoms with Gasteiger partial charge in [-0.2, -0.15) is 0 Å². The van der Waals surface area contributed by atoms with E-state index in [2.05, 4.69) is 20.1 Å². The van der Waals surface area contributed by atoms with Crippen molar-refractivity contribution in [3.63, 3.8) is 0 Å². The number of ether oxygens (including phenoxy) is 2. The van der Waals surface area contributed by atoms with E-state index in [1.54, 1.807) is 0 Å². The summed E-state index contributed by atoms with van der Waals surface area (Å²) < 4.78 is 9.18. The molecule has 2 aromatic carbocycles. The number of rotatable bonds is 6. The van der Waals surface area contributed by atoms with Gasteiger partial charge in [0.15, 0.2) is 0 Å². The molecule has 0 spiro atoms. The van der Waals surface area contributed by atoms with Crippen LogP contribution in [0.2, 0.25) is 0 Å². The number of methoxy groups -OCH3 is 2. The molecule has 8 heteroatoms. The molecule has 0 bridgehead atoms. The number of amides is 2. The largest absolute Gasteiger partial charge is 0.465 e. The van der Waals surface area contributed by atoms with Gasteiger partial charge in [0.25, 0.3) is 0 Å². The highest BCUT2D eigenvalue weighted by Crippen LogP contribution is 2.12. The Kier molecular flexibility index (Phi) is 6.65. The van der Waals surface area contributed by atoms with E-state index in [9.17, 15) is 19.2 Å². The van der Waals surface area contributed by atoms with Crippen LogP contribution in [0.25, 0.3) is 0 Å². The maximum absolute atomic E-state index is 11.9. The molecule has 2 aromatic rings. The Bertz CT molecular complexity index is 772. The number of hydrogen-bond acceptors (Lipinski definition) is 6. The zero-order chi connectivity index (χ0) is 19.8. The average molecular weight is 370 g/mol. The molecule has 0 aliphatic rings. The minimum atomic E-state index is -0.510. The first-order chi connectivity index (χ1) is 12.9. The summed E-state index contributed by atoms with van der Waals surface area (Å²) in [6, 6.07) is 12.2. The van der Waals surface area contributed by atoms with Gasteiger partial charge in [0.1, 0.15) is 6.42 Å². The van der Waals surface area contributed by atoms with Crippen molar-refractivity contribution < 1.29 is 28.7 Å². The Hall–Kier alpha value is -3.68. The molecule has 0 saturated heterocycles. The molecule has 2 amide bonds. The fourth-order valence-corrected chi connectivity index (χ4v) is 2.17. The molecule has 0 heterocycles. The van der Waals surface area contributed by atoms with E-state index >= 15 is 0 Å². The molecule has 2 N–H and O–H groups in total. The predicted octanol–water partition coefficient (Wildman–Crippen LogP) is 2.23. The van der Waals surface area contributed by atoms with Crippen LogP contribution in [0.1, 0.15) is 27.1 Å². The van der Waals surface area contributed by atoms with Crippen LogP contribution in [0.5, 0.6) is 0 Å². The van der Waals surface area contributed by atoms with Crippen molar-refractivity contribution >= 4 is 35.1 Å². The van der Waals surface area contributed by atoms with Gasteiger partial charge in [0.05, 0.1) is 25.3 Å². The molecule has 0 aliphatic heterocycles. The first-order valence-corrected chi connectivity index (χ1v) is 7.89. The fourth-order valence-electron chi connectivity index (χ4n) is 2.17. The third-order valence-corrected chi connectivity index (χ3v) is 3.50. The van der Waals surface area contributed by atoms with Crippen LogP contribution in [0.15, 0.2) is 48.5 Å². The zero-order valence-corrected chi connectivity index (χ0v) is 14.8. The van der Waals surface area contributed by atoms with Crippen LogP contribution in [0, 0.1) is 0 Å². The Balaban J connectivity index is 1.87. The van der Waals surface area contributed by atoms with E-state index in [4.69, 9.17) is 0 Å². The summed E-state index contributed by atoms with van der Waals surface area (Å²) in [5.74, 6) is -1.98. The minimum absolute atomic E-state index is 0.351. The lowest BCUT2D eigenvalue weighted by atomic mass is 10.2. The molecule has 0 atom stereocenters. The maximum atomic E-state index is 11.9. The maximum Gasteiger partial charge on any atom is 0.337 e. The SMILES string of the molecule is COC(=O)c1ccc(NC(=O)CC(=O)Nc2ccc(C(=O)OC)cc2)cc1. The zero-order valence-electron chi connectivity index (χ0n) is 14.8. The average Bonchev–Trinajstić information content (AvgIpc) is 2.67. The summed E-state index contributed by atoms with van der Waals surface area (Å²) in [4.78, 5) is 46.6. The van der Waals surface area contributed by atoms with Gasteiger partial charge in [0.2, 0.25) is 11.8 Å². The van der Waals surface area contributed by atoms with Crippen LogP contribution in [0.4, 0.5) is 11.4 Å². The van der Waals surface area contributed by atoms with Crippen LogP contribution in [-0.2, 0) is 19.1 Å². The number of anilines is 2. The van der Waals surface area contributed by atoms with Crippen LogP contribution in [0.3, 0.4) is 0 Å². The molecule has 0 radical (unpaired) electrons. The van der Waals surface area contributed by atoms with Gasteiger partial charge in [-0.1, -0.05) is 0 Å². The lowest BCUT2D eigenvalue weighted by molar-refractivity contribution is -0.123. The second kappa shape index (κ2) is 9.14. The van der Waals surface area contributed by atoms with Gasteiger partial charge in [-0.3, -0.25) is 9.59 Å². The van der Waals surface area contributed by atoms with E-state index in [-0.39, 0.29) is 0 Å². The van der Waals surface area contributed by atoms with Gasteiger partial charge in [-0.05, 0) is 48.5 Å². The lowest BCUT2D eigenvalue weighted by Gasteiger charge is -2.08. The van der Waals surface area contributed by atoms with Crippen LogP contribution >= 0.6 is 0 Å². The van der Waals surface area contributed by atoms with E-state index in [0.717, 1.165) is 0 Å². The standard InChI is InChI=1S/C19H18N2O6/c1-26-18(24)12-3-7-14(8-4-12)20-16(22)11-17(23)21-15-9-5-13(6-10-15)19(25)27-2/h3-10H,11H2,1-2H3,(H,20,22)(H,21,23). The molecule has 0 unspecified atom stereocenters. The van der Waals surface area contributed by atoms with Crippen molar-refractivity contribution in [2.45, 2.75) is 6.42 Å². The first-order valence-electron chi connectivity index (χ1n) is 7.89. The molecule has 27 heavy (non-hydrogen) atoms. The Morgan fingerprint density at radius 3 is 1.30 bits per heavy atom. The number of carbonyl (C=O) groups is 4. The van der Waals surface area contributed by atoms with Gasteiger partial charge < -0.3 is 20.1 Å². The Morgan fingerprint density at radius 2 is 1.00 bits per heavy atom. The third-order valence-electron chi connectivity index (χ3n) is 3.50. The summed E-state index contributed by atoms with van der Waals surface area (Å²) in [6.07, 6.45) is -0.391. The second-order valence-electron chi connectivity index (χ2n) is 5.41. The predicted molar refractivity (Wildman–Crippen MR) is 97.4 cm³/mol. The van der Waals surface area contributed by atoms with Crippen molar-refractivity contribution in [1.29, 1.82) is 0 Å². The van der Waals surface area contributed by atoms with Crippen molar-refractivity contribution in [2.24, 2.45) is 0 Å². The van der Waals surface area contributed by atoms with E-state index in [0.29, 0.717) is 22.5 Å². The molecular weight excluding hydrogens is 352 g/mol. The molecule has 8 nitrogen and oxygen atoms in total. The summed E-state index contributed by atoms with van der Waals surface area (Å²) >= 11 is 0. The molecule has 140 valence electrons. The Labute approximate surface area is 155 Å². The molecule has 0 fully saturated rings. The lowest BCUT2D eigenvalue weighted by Crippen LogP contribution is -2.21.